The zero-order chi connectivity index (χ0) is 15.4. The molecule has 0 saturated heterocycles. The van der Waals surface area contributed by atoms with E-state index in [1.165, 1.54) is 6.07 Å². The molecule has 7 heteroatoms. The van der Waals surface area contributed by atoms with E-state index in [1.807, 2.05) is 0 Å². The van der Waals surface area contributed by atoms with Gasteiger partial charge < -0.3 is 16.3 Å². The monoisotopic (exact) mass is 323 g/mol. The van der Waals surface area contributed by atoms with Gasteiger partial charge in [0.15, 0.2) is 5.84 Å². The lowest BCUT2D eigenvalue weighted by atomic mass is 10.1. The van der Waals surface area contributed by atoms with Crippen LogP contribution in [0.3, 0.4) is 0 Å². The molecule has 108 valence electrons. The first-order chi connectivity index (χ1) is 10.0. The normalized spacial score (nSPS) is 11.2. The fourth-order valence-electron chi connectivity index (χ4n) is 1.65. The molecule has 4 N–H and O–H groups in total. The van der Waals surface area contributed by atoms with Gasteiger partial charge in [-0.15, -0.1) is 0 Å². The summed E-state index contributed by atoms with van der Waals surface area (Å²) in [6, 6.07) is 11.1. The molecule has 0 saturated carbocycles. The Morgan fingerprint density at radius 3 is 2.38 bits per heavy atom. The number of carbonyl (C=O) groups excluding carboxylic acids is 1. The van der Waals surface area contributed by atoms with Crippen molar-refractivity contribution in [3.05, 3.63) is 63.6 Å². The number of nitrogens with two attached hydrogens (primary N) is 1. The smallest absolute Gasteiger partial charge is 0.257 e. The van der Waals surface area contributed by atoms with E-state index in [1.54, 1.807) is 36.4 Å². The third kappa shape index (κ3) is 3.65. The van der Waals surface area contributed by atoms with Gasteiger partial charge in [0.25, 0.3) is 5.91 Å². The second kappa shape index (κ2) is 6.47. The van der Waals surface area contributed by atoms with E-state index in [0.717, 1.165) is 0 Å². The third-order valence-electron chi connectivity index (χ3n) is 2.72. The molecular weight excluding hydrogens is 313 g/mol. The second-order valence-corrected chi connectivity index (χ2v) is 4.98. The number of nitrogens with zero attached hydrogens (tertiary/aromatic N) is 1. The van der Waals surface area contributed by atoms with E-state index < -0.39 is 0 Å². The minimum absolute atomic E-state index is 0.00591. The highest BCUT2D eigenvalue weighted by Gasteiger charge is 2.11. The predicted molar refractivity (Wildman–Crippen MR) is 83.4 cm³/mol. The maximum absolute atomic E-state index is 12.1. The Labute approximate surface area is 131 Å². The van der Waals surface area contributed by atoms with Crippen LogP contribution < -0.4 is 11.1 Å². The summed E-state index contributed by atoms with van der Waals surface area (Å²) in [7, 11) is 0. The molecule has 0 radical (unpaired) electrons. The Morgan fingerprint density at radius 2 is 1.81 bits per heavy atom. The first-order valence-corrected chi connectivity index (χ1v) is 6.61. The summed E-state index contributed by atoms with van der Waals surface area (Å²) < 4.78 is 0. The molecule has 21 heavy (non-hydrogen) atoms. The van der Waals surface area contributed by atoms with Crippen LogP contribution in [0.1, 0.15) is 15.9 Å². The lowest BCUT2D eigenvalue weighted by Gasteiger charge is -2.07. The van der Waals surface area contributed by atoms with Crippen LogP contribution in [0.15, 0.2) is 47.6 Å². The molecular formula is C14H11Cl2N3O2. The van der Waals surface area contributed by atoms with Crippen LogP contribution in [-0.2, 0) is 0 Å². The zero-order valence-corrected chi connectivity index (χ0v) is 12.2. The van der Waals surface area contributed by atoms with E-state index in [2.05, 4.69) is 10.5 Å². The first kappa shape index (κ1) is 15.2. The number of amidine groups is 1. The molecule has 0 aromatic heterocycles. The molecule has 0 aliphatic rings. The summed E-state index contributed by atoms with van der Waals surface area (Å²) in [5.74, 6) is -0.359. The van der Waals surface area contributed by atoms with E-state index in [9.17, 15) is 4.79 Å². The molecule has 2 aromatic carbocycles. The van der Waals surface area contributed by atoms with E-state index in [-0.39, 0.29) is 16.8 Å². The van der Waals surface area contributed by atoms with E-state index >= 15 is 0 Å². The fraction of sp³-hybridized carbons (Fsp3) is 0. The Hall–Kier alpha value is -2.24. The third-order valence-corrected chi connectivity index (χ3v) is 3.27. The minimum atomic E-state index is -0.354. The summed E-state index contributed by atoms with van der Waals surface area (Å²) in [4.78, 5) is 12.1. The van der Waals surface area contributed by atoms with Gasteiger partial charge in [0.2, 0.25) is 0 Å². The number of amides is 1. The van der Waals surface area contributed by atoms with Gasteiger partial charge in [-0.3, -0.25) is 4.79 Å². The molecule has 1 amide bonds. The van der Waals surface area contributed by atoms with Gasteiger partial charge in [0, 0.05) is 16.3 Å². The maximum atomic E-state index is 12.1. The number of hydrogen-bond donors (Lipinski definition) is 3. The molecule has 0 unspecified atom stereocenters. The van der Waals surface area contributed by atoms with Crippen LogP contribution in [-0.4, -0.2) is 17.0 Å². The lowest BCUT2D eigenvalue weighted by molar-refractivity contribution is 0.102. The van der Waals surface area contributed by atoms with Crippen molar-refractivity contribution in [2.24, 2.45) is 10.9 Å². The van der Waals surface area contributed by atoms with Gasteiger partial charge in [-0.1, -0.05) is 28.4 Å². The topological polar surface area (TPSA) is 87.7 Å². The molecule has 0 heterocycles. The van der Waals surface area contributed by atoms with Crippen LogP contribution in [0.2, 0.25) is 10.0 Å². The number of hydrogen-bond acceptors (Lipinski definition) is 3. The highest BCUT2D eigenvalue weighted by Crippen LogP contribution is 2.22. The predicted octanol–water partition coefficient (Wildman–Crippen LogP) is 3.34. The first-order valence-electron chi connectivity index (χ1n) is 5.85. The van der Waals surface area contributed by atoms with Gasteiger partial charge in [-0.05, 0) is 42.5 Å². The molecule has 2 rings (SSSR count). The molecule has 0 spiro atoms. The van der Waals surface area contributed by atoms with Crippen LogP contribution in [0, 0.1) is 0 Å². The van der Waals surface area contributed by atoms with E-state index in [0.29, 0.717) is 21.8 Å². The highest BCUT2D eigenvalue weighted by atomic mass is 35.5. The number of anilines is 1. The van der Waals surface area contributed by atoms with Crippen molar-refractivity contribution in [3.8, 4) is 0 Å². The maximum Gasteiger partial charge on any atom is 0.257 e. The SMILES string of the molecule is N/C(=N/O)c1ccc(NC(=O)c2ccc(Cl)cc2Cl)cc1. The van der Waals surface area contributed by atoms with Crippen molar-refractivity contribution in [1.29, 1.82) is 0 Å². The van der Waals surface area contributed by atoms with Gasteiger partial charge >= 0.3 is 0 Å². The second-order valence-electron chi connectivity index (χ2n) is 4.14. The van der Waals surface area contributed by atoms with Gasteiger partial charge in [-0.2, -0.15) is 0 Å². The molecule has 5 nitrogen and oxygen atoms in total. The Kier molecular flexibility index (Phi) is 4.67. The van der Waals surface area contributed by atoms with Gasteiger partial charge in [0.1, 0.15) is 0 Å². The standard InChI is InChI=1S/C14H11Cl2N3O2/c15-9-3-6-11(12(16)7-9)14(20)18-10-4-1-8(2-5-10)13(17)19-21/h1-7,21H,(H2,17,19)(H,18,20). The average Bonchev–Trinajstić information content (AvgIpc) is 2.47. The summed E-state index contributed by atoms with van der Waals surface area (Å²) in [6.45, 7) is 0. The lowest BCUT2D eigenvalue weighted by Crippen LogP contribution is -2.14. The van der Waals surface area contributed by atoms with Crippen molar-refractivity contribution < 1.29 is 10.0 Å². The van der Waals surface area contributed by atoms with E-state index in [4.69, 9.17) is 34.1 Å². The molecule has 2 aromatic rings. The van der Waals surface area contributed by atoms with Crippen molar-refractivity contribution in [3.63, 3.8) is 0 Å². The largest absolute Gasteiger partial charge is 0.409 e. The Morgan fingerprint density at radius 1 is 1.14 bits per heavy atom. The number of rotatable bonds is 3. The Balaban J connectivity index is 2.16. The molecule has 0 aliphatic heterocycles. The Bertz CT molecular complexity index is 700. The average molecular weight is 324 g/mol. The number of oxime groups is 1. The fourth-order valence-corrected chi connectivity index (χ4v) is 2.15. The number of carbonyl (C=O) groups is 1. The number of benzene rings is 2. The van der Waals surface area contributed by atoms with Crippen molar-refractivity contribution in [2.75, 3.05) is 5.32 Å². The van der Waals surface area contributed by atoms with Crippen LogP contribution >= 0.6 is 23.2 Å². The summed E-state index contributed by atoms with van der Waals surface area (Å²) in [5.41, 5.74) is 6.87. The van der Waals surface area contributed by atoms with Crippen LogP contribution in [0.4, 0.5) is 5.69 Å². The molecule has 0 aliphatic carbocycles. The number of nitrogens with one attached hydrogen (secondary N) is 1. The van der Waals surface area contributed by atoms with Crippen molar-refractivity contribution in [2.45, 2.75) is 0 Å². The summed E-state index contributed by atoms with van der Waals surface area (Å²) in [6.07, 6.45) is 0. The highest BCUT2D eigenvalue weighted by molar-refractivity contribution is 6.37. The van der Waals surface area contributed by atoms with Gasteiger partial charge in [0.05, 0.1) is 10.6 Å². The quantitative estimate of drug-likeness (QED) is 0.350. The van der Waals surface area contributed by atoms with Gasteiger partial charge in [-0.25, -0.2) is 0 Å². The summed E-state index contributed by atoms with van der Waals surface area (Å²) in [5, 5.41) is 14.9. The van der Waals surface area contributed by atoms with Crippen molar-refractivity contribution in [1.82, 2.24) is 0 Å². The number of halogens is 2. The molecule has 0 bridgehead atoms. The summed E-state index contributed by atoms with van der Waals surface area (Å²) >= 11 is 11.8. The zero-order valence-electron chi connectivity index (χ0n) is 10.7. The van der Waals surface area contributed by atoms with Crippen LogP contribution in [0.5, 0.6) is 0 Å². The van der Waals surface area contributed by atoms with Crippen LogP contribution in [0.25, 0.3) is 0 Å². The minimum Gasteiger partial charge on any atom is -0.409 e. The molecule has 0 atom stereocenters. The molecule has 0 fully saturated rings. The van der Waals surface area contributed by atoms with Crippen molar-refractivity contribution >= 4 is 40.6 Å².